The summed E-state index contributed by atoms with van der Waals surface area (Å²) in [5, 5.41) is 1.57. The Bertz CT molecular complexity index is 1630. The summed E-state index contributed by atoms with van der Waals surface area (Å²) in [6, 6.07) is 23.9. The van der Waals surface area contributed by atoms with Crippen LogP contribution in [-0.2, 0) is 11.3 Å². The topological polar surface area (TPSA) is 80.7 Å². The van der Waals surface area contributed by atoms with Crippen LogP contribution in [-0.4, -0.2) is 34.3 Å². The number of hydrogen-bond donors (Lipinski definition) is 1. The van der Waals surface area contributed by atoms with Gasteiger partial charge in [-0.1, -0.05) is 62.4 Å². The third kappa shape index (κ3) is 5.70. The van der Waals surface area contributed by atoms with Gasteiger partial charge >= 0.3 is 0 Å². The SMILES string of the molecule is CCCN(CCC)C(=O)C1=Cc2ccc(-c3ccc4c(=O)n(Cc5ccccc5)ccc4c3)cc2N=C(N)C1. The normalized spacial score (nSPS) is 12.9. The first-order chi connectivity index (χ1) is 19.0. The van der Waals surface area contributed by atoms with Crippen molar-refractivity contribution in [3.63, 3.8) is 0 Å². The Hall–Kier alpha value is -4.45. The maximum atomic E-state index is 13.3. The third-order valence-corrected chi connectivity index (χ3v) is 7.05. The van der Waals surface area contributed by atoms with Crippen LogP contribution in [0.4, 0.5) is 5.69 Å². The summed E-state index contributed by atoms with van der Waals surface area (Å²) in [6.07, 6.45) is 5.94. The van der Waals surface area contributed by atoms with E-state index in [4.69, 9.17) is 5.73 Å². The van der Waals surface area contributed by atoms with E-state index in [1.807, 2.05) is 90.0 Å². The first-order valence-corrected chi connectivity index (χ1v) is 13.6. The molecule has 2 N–H and O–H groups in total. The fraction of sp³-hybridized carbons (Fsp3) is 0.242. The summed E-state index contributed by atoms with van der Waals surface area (Å²) in [5.41, 5.74) is 11.6. The van der Waals surface area contributed by atoms with Crippen molar-refractivity contribution in [3.8, 4) is 11.1 Å². The molecule has 2 heterocycles. The average Bonchev–Trinajstić information content (AvgIpc) is 3.12. The standard InChI is InChI=1S/C33H34N4O2/c1-3-15-36(16-4-2)32(38)28-19-27-11-10-25(20-30(27)35-31(34)21-28)24-12-13-29-26(18-24)14-17-37(33(29)39)22-23-8-6-5-7-9-23/h5-14,17-20H,3-4,15-16,21-22H2,1-2H3,(H2,34,35). The highest BCUT2D eigenvalue weighted by molar-refractivity contribution is 6.05. The van der Waals surface area contributed by atoms with E-state index >= 15 is 0 Å². The molecule has 6 nitrogen and oxygen atoms in total. The summed E-state index contributed by atoms with van der Waals surface area (Å²) >= 11 is 0. The monoisotopic (exact) mass is 518 g/mol. The number of carbonyl (C=O) groups excluding carboxylic acids is 1. The third-order valence-electron chi connectivity index (χ3n) is 7.05. The number of amides is 1. The number of nitrogens with zero attached hydrogens (tertiary/aromatic N) is 3. The predicted octanol–water partition coefficient (Wildman–Crippen LogP) is 6.14. The Morgan fingerprint density at radius 1 is 0.949 bits per heavy atom. The van der Waals surface area contributed by atoms with Gasteiger partial charge < -0.3 is 15.2 Å². The quantitative estimate of drug-likeness (QED) is 0.304. The van der Waals surface area contributed by atoms with E-state index in [0.29, 0.717) is 29.8 Å². The number of amidine groups is 1. The van der Waals surface area contributed by atoms with Crippen LogP contribution >= 0.6 is 0 Å². The minimum absolute atomic E-state index is 0.00951. The van der Waals surface area contributed by atoms with Crippen molar-refractivity contribution >= 4 is 34.3 Å². The van der Waals surface area contributed by atoms with Gasteiger partial charge in [0.15, 0.2) is 0 Å². The molecular weight excluding hydrogens is 484 g/mol. The fourth-order valence-electron chi connectivity index (χ4n) is 5.14. The maximum Gasteiger partial charge on any atom is 0.258 e. The van der Waals surface area contributed by atoms with Gasteiger partial charge in [0.05, 0.1) is 12.2 Å². The molecule has 0 fully saturated rings. The molecule has 1 aliphatic rings. The lowest BCUT2D eigenvalue weighted by Gasteiger charge is -2.22. The number of aromatic nitrogens is 1. The van der Waals surface area contributed by atoms with Gasteiger partial charge in [-0.25, -0.2) is 4.99 Å². The van der Waals surface area contributed by atoms with E-state index in [1.165, 1.54) is 0 Å². The highest BCUT2D eigenvalue weighted by atomic mass is 16.2. The Morgan fingerprint density at radius 2 is 1.67 bits per heavy atom. The second-order valence-electron chi connectivity index (χ2n) is 10.1. The number of rotatable bonds is 8. The van der Waals surface area contributed by atoms with Crippen LogP contribution in [0.15, 0.2) is 94.4 Å². The van der Waals surface area contributed by atoms with E-state index < -0.39 is 0 Å². The van der Waals surface area contributed by atoms with Gasteiger partial charge in [0, 0.05) is 42.2 Å². The van der Waals surface area contributed by atoms with Crippen LogP contribution in [0.1, 0.15) is 44.2 Å². The zero-order valence-corrected chi connectivity index (χ0v) is 22.6. The van der Waals surface area contributed by atoms with Crippen molar-refractivity contribution in [1.29, 1.82) is 0 Å². The second-order valence-corrected chi connectivity index (χ2v) is 10.1. The Morgan fingerprint density at radius 3 is 2.41 bits per heavy atom. The maximum absolute atomic E-state index is 13.3. The van der Waals surface area contributed by atoms with E-state index in [0.717, 1.165) is 59.3 Å². The van der Waals surface area contributed by atoms with Gasteiger partial charge in [0.2, 0.25) is 5.91 Å². The molecule has 6 heteroatoms. The smallest absolute Gasteiger partial charge is 0.258 e. The number of nitrogens with two attached hydrogens (primary N) is 1. The van der Waals surface area contributed by atoms with Crippen molar-refractivity contribution in [3.05, 3.63) is 106 Å². The number of fused-ring (bicyclic) bond motifs is 2. The van der Waals surface area contributed by atoms with Crippen LogP contribution in [0.5, 0.6) is 0 Å². The number of benzene rings is 3. The zero-order chi connectivity index (χ0) is 27.4. The van der Waals surface area contributed by atoms with Crippen LogP contribution < -0.4 is 11.3 Å². The molecule has 1 amide bonds. The summed E-state index contributed by atoms with van der Waals surface area (Å²) in [5.74, 6) is 0.456. The number of carbonyl (C=O) groups is 1. The van der Waals surface area contributed by atoms with Crippen molar-refractivity contribution in [1.82, 2.24) is 9.47 Å². The van der Waals surface area contributed by atoms with Crippen molar-refractivity contribution in [2.75, 3.05) is 13.1 Å². The van der Waals surface area contributed by atoms with E-state index in [9.17, 15) is 9.59 Å². The molecule has 1 aromatic heterocycles. The van der Waals surface area contributed by atoms with Crippen LogP contribution in [0.3, 0.4) is 0 Å². The van der Waals surface area contributed by atoms with Gasteiger partial charge in [-0.15, -0.1) is 0 Å². The van der Waals surface area contributed by atoms with Crippen molar-refractivity contribution in [2.24, 2.45) is 10.7 Å². The molecule has 0 radical (unpaired) electrons. The van der Waals surface area contributed by atoms with Gasteiger partial charge in [0.25, 0.3) is 5.56 Å². The molecule has 0 aliphatic carbocycles. The summed E-state index contributed by atoms with van der Waals surface area (Å²) in [4.78, 5) is 33.0. The molecule has 4 aromatic rings. The fourth-order valence-corrected chi connectivity index (χ4v) is 5.14. The Balaban J connectivity index is 1.46. The largest absolute Gasteiger partial charge is 0.387 e. The minimum atomic E-state index is -0.00951. The molecule has 3 aromatic carbocycles. The molecule has 0 atom stereocenters. The predicted molar refractivity (Wildman–Crippen MR) is 160 cm³/mol. The molecule has 198 valence electrons. The highest BCUT2D eigenvalue weighted by Crippen LogP contribution is 2.33. The van der Waals surface area contributed by atoms with Crippen LogP contribution in [0, 0.1) is 0 Å². The molecule has 39 heavy (non-hydrogen) atoms. The van der Waals surface area contributed by atoms with Crippen molar-refractivity contribution < 1.29 is 4.79 Å². The van der Waals surface area contributed by atoms with Gasteiger partial charge in [-0.3, -0.25) is 9.59 Å². The number of pyridine rings is 1. The van der Waals surface area contributed by atoms with E-state index in [-0.39, 0.29) is 11.5 Å². The summed E-state index contributed by atoms with van der Waals surface area (Å²) in [7, 11) is 0. The summed E-state index contributed by atoms with van der Waals surface area (Å²) < 4.78 is 1.74. The van der Waals surface area contributed by atoms with Crippen LogP contribution in [0.25, 0.3) is 28.0 Å². The molecule has 0 spiro atoms. The summed E-state index contributed by atoms with van der Waals surface area (Å²) in [6.45, 7) is 6.15. The number of hydrogen-bond acceptors (Lipinski definition) is 4. The first-order valence-electron chi connectivity index (χ1n) is 13.6. The second kappa shape index (κ2) is 11.5. The molecule has 0 unspecified atom stereocenters. The van der Waals surface area contributed by atoms with E-state index in [2.05, 4.69) is 18.8 Å². The molecule has 1 aliphatic heterocycles. The molecule has 0 saturated heterocycles. The Kier molecular flexibility index (Phi) is 7.73. The molecule has 5 rings (SSSR count). The van der Waals surface area contributed by atoms with Crippen molar-refractivity contribution in [2.45, 2.75) is 39.7 Å². The number of aliphatic imine (C=N–C) groups is 1. The average molecular weight is 519 g/mol. The molecule has 0 saturated carbocycles. The lowest BCUT2D eigenvalue weighted by molar-refractivity contribution is -0.127. The lowest BCUT2D eigenvalue weighted by Crippen LogP contribution is -2.34. The van der Waals surface area contributed by atoms with Gasteiger partial charge in [0.1, 0.15) is 5.84 Å². The first kappa shape index (κ1) is 26.2. The van der Waals surface area contributed by atoms with E-state index in [1.54, 1.807) is 4.57 Å². The Labute approximate surface area is 229 Å². The molecular formula is C33H34N4O2. The van der Waals surface area contributed by atoms with Gasteiger partial charge in [-0.05, 0) is 65.3 Å². The molecule has 0 bridgehead atoms. The highest BCUT2D eigenvalue weighted by Gasteiger charge is 2.21. The van der Waals surface area contributed by atoms with Crippen LogP contribution in [0.2, 0.25) is 0 Å². The zero-order valence-electron chi connectivity index (χ0n) is 22.6. The van der Waals surface area contributed by atoms with Gasteiger partial charge in [-0.2, -0.15) is 0 Å². The minimum Gasteiger partial charge on any atom is -0.387 e. The lowest BCUT2D eigenvalue weighted by atomic mass is 9.99.